The molecule has 1 aromatic carbocycles. The minimum atomic E-state index is -0.412. The van der Waals surface area contributed by atoms with Gasteiger partial charge in [-0.05, 0) is 17.7 Å². The number of ether oxygens (including phenoxy) is 2. The molecule has 0 heterocycles. The Morgan fingerprint density at radius 3 is 2.94 bits per heavy atom. The zero-order chi connectivity index (χ0) is 12.0. The predicted octanol–water partition coefficient (Wildman–Crippen LogP) is 1.76. The second-order valence-electron chi connectivity index (χ2n) is 3.21. The Morgan fingerprint density at radius 1 is 1.56 bits per heavy atom. The SMILES string of the molecule is C=CCOCc1ccc(N)cc1C(=O)OC. The summed E-state index contributed by atoms with van der Waals surface area (Å²) in [7, 11) is 1.33. The molecule has 0 aliphatic carbocycles. The third-order valence-corrected chi connectivity index (χ3v) is 2.03. The Kier molecular flexibility index (Phi) is 4.54. The van der Waals surface area contributed by atoms with Crippen LogP contribution >= 0.6 is 0 Å². The van der Waals surface area contributed by atoms with Crippen LogP contribution in [0.4, 0.5) is 5.69 Å². The summed E-state index contributed by atoms with van der Waals surface area (Å²) in [4.78, 5) is 11.5. The molecule has 0 spiro atoms. The maximum Gasteiger partial charge on any atom is 0.338 e. The summed E-state index contributed by atoms with van der Waals surface area (Å²) in [5, 5.41) is 0. The molecule has 0 saturated carbocycles. The van der Waals surface area contributed by atoms with Crippen molar-refractivity contribution in [3.05, 3.63) is 42.0 Å². The smallest absolute Gasteiger partial charge is 0.338 e. The highest BCUT2D eigenvalue weighted by molar-refractivity contribution is 5.92. The van der Waals surface area contributed by atoms with Gasteiger partial charge in [0.1, 0.15) is 0 Å². The highest BCUT2D eigenvalue weighted by Gasteiger charge is 2.11. The first kappa shape index (κ1) is 12.3. The molecule has 1 rings (SSSR count). The zero-order valence-electron chi connectivity index (χ0n) is 9.23. The molecule has 1 aromatic rings. The molecule has 0 unspecified atom stereocenters. The normalized spacial score (nSPS) is 9.81. The lowest BCUT2D eigenvalue weighted by Crippen LogP contribution is -2.08. The van der Waals surface area contributed by atoms with Crippen LogP contribution < -0.4 is 5.73 Å². The summed E-state index contributed by atoms with van der Waals surface area (Å²) in [6.07, 6.45) is 1.65. The van der Waals surface area contributed by atoms with Crippen molar-refractivity contribution in [2.45, 2.75) is 6.61 Å². The van der Waals surface area contributed by atoms with Gasteiger partial charge in [-0.15, -0.1) is 6.58 Å². The van der Waals surface area contributed by atoms with Crippen molar-refractivity contribution < 1.29 is 14.3 Å². The quantitative estimate of drug-likeness (QED) is 0.356. The van der Waals surface area contributed by atoms with Crippen LogP contribution in [0.25, 0.3) is 0 Å². The van der Waals surface area contributed by atoms with E-state index in [1.807, 2.05) is 0 Å². The molecule has 0 aliphatic rings. The standard InChI is InChI=1S/C12H15NO3/c1-3-6-16-8-9-4-5-10(13)7-11(9)12(14)15-2/h3-5,7H,1,6,8,13H2,2H3. The van der Waals surface area contributed by atoms with E-state index in [9.17, 15) is 4.79 Å². The molecule has 0 atom stereocenters. The summed E-state index contributed by atoms with van der Waals surface area (Å²) in [6.45, 7) is 4.31. The molecule has 16 heavy (non-hydrogen) atoms. The Bertz CT molecular complexity index is 388. The molecule has 4 heteroatoms. The van der Waals surface area contributed by atoms with E-state index in [0.29, 0.717) is 24.5 Å². The van der Waals surface area contributed by atoms with Crippen LogP contribution in [-0.4, -0.2) is 19.7 Å². The van der Waals surface area contributed by atoms with Crippen molar-refractivity contribution in [1.29, 1.82) is 0 Å². The Morgan fingerprint density at radius 2 is 2.31 bits per heavy atom. The summed E-state index contributed by atoms with van der Waals surface area (Å²) in [5.41, 5.74) is 7.32. The molecule has 86 valence electrons. The molecule has 0 aromatic heterocycles. The molecule has 0 bridgehead atoms. The van der Waals surface area contributed by atoms with E-state index in [0.717, 1.165) is 5.56 Å². The number of nitrogen functional groups attached to an aromatic ring is 1. The highest BCUT2D eigenvalue weighted by atomic mass is 16.5. The van der Waals surface area contributed by atoms with Crippen LogP contribution in [0.15, 0.2) is 30.9 Å². The van der Waals surface area contributed by atoms with Crippen molar-refractivity contribution in [1.82, 2.24) is 0 Å². The average Bonchev–Trinajstić information content (AvgIpc) is 2.30. The van der Waals surface area contributed by atoms with Crippen molar-refractivity contribution in [2.24, 2.45) is 0 Å². The first-order valence-electron chi connectivity index (χ1n) is 4.84. The third kappa shape index (κ3) is 3.10. The van der Waals surface area contributed by atoms with Gasteiger partial charge in [-0.1, -0.05) is 12.1 Å². The van der Waals surface area contributed by atoms with Gasteiger partial charge in [0.15, 0.2) is 0 Å². The van der Waals surface area contributed by atoms with Crippen LogP contribution in [0.1, 0.15) is 15.9 Å². The van der Waals surface area contributed by atoms with Gasteiger partial charge in [-0.25, -0.2) is 4.79 Å². The average molecular weight is 221 g/mol. The monoisotopic (exact) mass is 221 g/mol. The van der Waals surface area contributed by atoms with Crippen LogP contribution in [0.5, 0.6) is 0 Å². The number of nitrogens with two attached hydrogens (primary N) is 1. The van der Waals surface area contributed by atoms with E-state index >= 15 is 0 Å². The van der Waals surface area contributed by atoms with Crippen molar-refractivity contribution in [3.8, 4) is 0 Å². The van der Waals surface area contributed by atoms with Crippen LogP contribution in [-0.2, 0) is 16.1 Å². The largest absolute Gasteiger partial charge is 0.465 e. The van der Waals surface area contributed by atoms with Crippen LogP contribution in [0.3, 0.4) is 0 Å². The van der Waals surface area contributed by atoms with E-state index in [1.165, 1.54) is 7.11 Å². The lowest BCUT2D eigenvalue weighted by molar-refractivity contribution is 0.0594. The van der Waals surface area contributed by atoms with Crippen molar-refractivity contribution in [3.63, 3.8) is 0 Å². The number of methoxy groups -OCH3 is 1. The summed E-state index contributed by atoms with van der Waals surface area (Å²) in [5.74, 6) is -0.412. The molecule has 0 aliphatic heterocycles. The molecular formula is C12H15NO3. The minimum Gasteiger partial charge on any atom is -0.465 e. The maximum atomic E-state index is 11.5. The fourth-order valence-electron chi connectivity index (χ4n) is 1.27. The first-order chi connectivity index (χ1) is 7.69. The zero-order valence-corrected chi connectivity index (χ0v) is 9.23. The Labute approximate surface area is 94.7 Å². The number of hydrogen-bond acceptors (Lipinski definition) is 4. The maximum absolute atomic E-state index is 11.5. The van der Waals surface area contributed by atoms with Gasteiger partial charge < -0.3 is 15.2 Å². The van der Waals surface area contributed by atoms with E-state index in [1.54, 1.807) is 24.3 Å². The van der Waals surface area contributed by atoms with Gasteiger partial charge >= 0.3 is 5.97 Å². The van der Waals surface area contributed by atoms with E-state index in [2.05, 4.69) is 11.3 Å². The number of anilines is 1. The fourth-order valence-corrected chi connectivity index (χ4v) is 1.27. The van der Waals surface area contributed by atoms with Crippen LogP contribution in [0.2, 0.25) is 0 Å². The van der Waals surface area contributed by atoms with Crippen molar-refractivity contribution >= 4 is 11.7 Å². The van der Waals surface area contributed by atoms with Gasteiger partial charge in [-0.3, -0.25) is 0 Å². The van der Waals surface area contributed by atoms with Gasteiger partial charge in [-0.2, -0.15) is 0 Å². The Hall–Kier alpha value is -1.81. The van der Waals surface area contributed by atoms with Gasteiger partial charge in [0.25, 0.3) is 0 Å². The summed E-state index contributed by atoms with van der Waals surface area (Å²) in [6, 6.07) is 5.06. The number of esters is 1. The summed E-state index contributed by atoms with van der Waals surface area (Å²) < 4.78 is 9.95. The molecule has 4 nitrogen and oxygen atoms in total. The number of hydrogen-bond donors (Lipinski definition) is 1. The molecule has 0 amide bonds. The van der Waals surface area contributed by atoms with Gasteiger partial charge in [0.05, 0.1) is 25.9 Å². The molecular weight excluding hydrogens is 206 g/mol. The Balaban J connectivity index is 2.89. The van der Waals surface area contributed by atoms with Gasteiger partial charge in [0, 0.05) is 5.69 Å². The van der Waals surface area contributed by atoms with Crippen molar-refractivity contribution in [2.75, 3.05) is 19.5 Å². The van der Waals surface area contributed by atoms with E-state index in [-0.39, 0.29) is 0 Å². The van der Waals surface area contributed by atoms with Gasteiger partial charge in [0.2, 0.25) is 0 Å². The molecule has 0 saturated heterocycles. The number of carbonyl (C=O) groups is 1. The number of rotatable bonds is 5. The highest BCUT2D eigenvalue weighted by Crippen LogP contribution is 2.15. The topological polar surface area (TPSA) is 61.5 Å². The number of carbonyl (C=O) groups excluding carboxylic acids is 1. The first-order valence-corrected chi connectivity index (χ1v) is 4.84. The second-order valence-corrected chi connectivity index (χ2v) is 3.21. The molecule has 0 fully saturated rings. The lowest BCUT2D eigenvalue weighted by atomic mass is 10.1. The molecule has 0 radical (unpaired) electrons. The second kappa shape index (κ2) is 5.92. The predicted molar refractivity (Wildman–Crippen MR) is 62.0 cm³/mol. The lowest BCUT2D eigenvalue weighted by Gasteiger charge is -2.08. The van der Waals surface area contributed by atoms with E-state index < -0.39 is 5.97 Å². The summed E-state index contributed by atoms with van der Waals surface area (Å²) >= 11 is 0. The molecule has 2 N–H and O–H groups in total. The third-order valence-electron chi connectivity index (χ3n) is 2.03. The van der Waals surface area contributed by atoms with Crippen LogP contribution in [0, 0.1) is 0 Å². The minimum absolute atomic E-state index is 0.330. The van der Waals surface area contributed by atoms with E-state index in [4.69, 9.17) is 10.5 Å². The fraction of sp³-hybridized carbons (Fsp3) is 0.250. The number of benzene rings is 1.